The molecule has 3 nitrogen and oxygen atoms in total. The van der Waals surface area contributed by atoms with Gasteiger partial charge < -0.3 is 14.9 Å². The van der Waals surface area contributed by atoms with E-state index in [1.54, 1.807) is 0 Å². The smallest absolute Gasteiger partial charge is 0.0702 e. The Bertz CT molecular complexity index is 369. The zero-order valence-electron chi connectivity index (χ0n) is 11.5. The lowest BCUT2D eigenvalue weighted by molar-refractivity contribution is 0.282. The van der Waals surface area contributed by atoms with Crippen LogP contribution in [-0.4, -0.2) is 43.7 Å². The van der Waals surface area contributed by atoms with Crippen LogP contribution in [0.4, 0.5) is 5.69 Å². The summed E-state index contributed by atoms with van der Waals surface area (Å²) < 4.78 is 1.06. The van der Waals surface area contributed by atoms with E-state index < -0.39 is 0 Å². The predicted molar refractivity (Wildman–Crippen MR) is 81.1 cm³/mol. The van der Waals surface area contributed by atoms with E-state index in [9.17, 15) is 5.11 Å². The average molecular weight is 315 g/mol. The fourth-order valence-corrected chi connectivity index (χ4v) is 2.26. The van der Waals surface area contributed by atoms with Gasteiger partial charge in [0.05, 0.1) is 6.61 Å². The molecule has 0 fully saturated rings. The monoisotopic (exact) mass is 314 g/mol. The molecule has 0 heterocycles. The first-order valence-corrected chi connectivity index (χ1v) is 7.16. The molecule has 102 valence electrons. The molecule has 0 unspecified atom stereocenters. The van der Waals surface area contributed by atoms with Crippen molar-refractivity contribution < 1.29 is 5.11 Å². The largest absolute Gasteiger partial charge is 0.392 e. The molecule has 0 aliphatic carbocycles. The van der Waals surface area contributed by atoms with E-state index in [1.807, 2.05) is 12.1 Å². The van der Waals surface area contributed by atoms with Crippen LogP contribution in [0.15, 0.2) is 22.7 Å². The van der Waals surface area contributed by atoms with E-state index in [1.165, 1.54) is 0 Å². The molecule has 0 spiro atoms. The number of rotatable bonds is 7. The molecule has 1 aromatic carbocycles. The Labute approximate surface area is 119 Å². The van der Waals surface area contributed by atoms with Crippen LogP contribution in [-0.2, 0) is 6.61 Å². The Morgan fingerprint density at radius 2 is 1.89 bits per heavy atom. The number of aliphatic hydroxyl groups excluding tert-OH is 1. The molecule has 0 amide bonds. The number of halogens is 1. The molecule has 0 aliphatic rings. The summed E-state index contributed by atoms with van der Waals surface area (Å²) in [7, 11) is 4.16. The maximum atomic E-state index is 9.45. The molecule has 1 aromatic rings. The van der Waals surface area contributed by atoms with Crippen molar-refractivity contribution in [3.63, 3.8) is 0 Å². The molecule has 4 heteroatoms. The van der Waals surface area contributed by atoms with Gasteiger partial charge in [-0.05, 0) is 32.6 Å². The molecule has 0 atom stereocenters. The van der Waals surface area contributed by atoms with E-state index in [0.717, 1.165) is 41.8 Å². The van der Waals surface area contributed by atoms with Gasteiger partial charge in [0.15, 0.2) is 0 Å². The van der Waals surface area contributed by atoms with Crippen LogP contribution < -0.4 is 4.90 Å². The quantitative estimate of drug-likeness (QED) is 0.838. The first-order valence-electron chi connectivity index (χ1n) is 6.37. The van der Waals surface area contributed by atoms with Gasteiger partial charge in [-0.2, -0.15) is 0 Å². The Hall–Kier alpha value is -0.580. The second kappa shape index (κ2) is 7.77. The maximum absolute atomic E-state index is 9.45. The van der Waals surface area contributed by atoms with Gasteiger partial charge in [0.1, 0.15) is 0 Å². The van der Waals surface area contributed by atoms with Crippen molar-refractivity contribution >= 4 is 21.6 Å². The van der Waals surface area contributed by atoms with Gasteiger partial charge >= 0.3 is 0 Å². The Kier molecular flexibility index (Phi) is 6.68. The zero-order valence-corrected chi connectivity index (χ0v) is 13.1. The summed E-state index contributed by atoms with van der Waals surface area (Å²) in [5, 5.41) is 9.45. The number of nitrogens with zero attached hydrogens (tertiary/aromatic N) is 2. The minimum atomic E-state index is 0.0881. The third-order valence-electron chi connectivity index (χ3n) is 2.87. The third kappa shape index (κ3) is 4.59. The summed E-state index contributed by atoms with van der Waals surface area (Å²) in [5.74, 6) is 0. The van der Waals surface area contributed by atoms with Gasteiger partial charge in [-0.15, -0.1) is 0 Å². The van der Waals surface area contributed by atoms with Crippen LogP contribution in [0.3, 0.4) is 0 Å². The van der Waals surface area contributed by atoms with Crippen LogP contribution in [0.2, 0.25) is 0 Å². The van der Waals surface area contributed by atoms with E-state index >= 15 is 0 Å². The van der Waals surface area contributed by atoms with Gasteiger partial charge in [-0.3, -0.25) is 0 Å². The number of benzene rings is 1. The van der Waals surface area contributed by atoms with E-state index in [4.69, 9.17) is 0 Å². The molecule has 18 heavy (non-hydrogen) atoms. The molecule has 0 aliphatic heterocycles. The lowest BCUT2D eigenvalue weighted by Gasteiger charge is -2.28. The Morgan fingerprint density at radius 1 is 1.17 bits per heavy atom. The lowest BCUT2D eigenvalue weighted by Crippen LogP contribution is -2.33. The summed E-state index contributed by atoms with van der Waals surface area (Å²) in [6.07, 6.45) is 1.10. The van der Waals surface area contributed by atoms with E-state index in [-0.39, 0.29) is 6.61 Å². The van der Waals surface area contributed by atoms with Gasteiger partial charge in [-0.1, -0.05) is 28.9 Å². The van der Waals surface area contributed by atoms with Crippen molar-refractivity contribution in [1.82, 2.24) is 4.90 Å². The summed E-state index contributed by atoms with van der Waals surface area (Å²) in [6, 6.07) is 6.06. The topological polar surface area (TPSA) is 26.7 Å². The van der Waals surface area contributed by atoms with Crippen molar-refractivity contribution in [3.05, 3.63) is 28.2 Å². The number of likely N-dealkylation sites (N-methyl/N-ethyl adjacent to an activating group) is 1. The molecular weight excluding hydrogens is 292 g/mol. The van der Waals surface area contributed by atoms with Crippen molar-refractivity contribution in [3.8, 4) is 0 Å². The van der Waals surface area contributed by atoms with E-state index in [2.05, 4.69) is 52.8 Å². The second-order valence-corrected chi connectivity index (χ2v) is 5.64. The molecule has 0 radical (unpaired) electrons. The average Bonchev–Trinajstić information content (AvgIpc) is 2.34. The van der Waals surface area contributed by atoms with Crippen molar-refractivity contribution in [2.75, 3.05) is 38.6 Å². The Morgan fingerprint density at radius 3 is 2.44 bits per heavy atom. The Balaban J connectivity index is 2.92. The first kappa shape index (κ1) is 15.5. The zero-order chi connectivity index (χ0) is 13.5. The maximum Gasteiger partial charge on any atom is 0.0702 e. The molecule has 0 aromatic heterocycles. The van der Waals surface area contributed by atoms with Gasteiger partial charge in [0.25, 0.3) is 0 Å². The highest BCUT2D eigenvalue weighted by molar-refractivity contribution is 9.10. The van der Waals surface area contributed by atoms with Crippen LogP contribution in [0.1, 0.15) is 18.9 Å². The molecule has 1 rings (SSSR count). The summed E-state index contributed by atoms with van der Waals surface area (Å²) >= 11 is 3.51. The third-order valence-corrected chi connectivity index (χ3v) is 3.36. The summed E-state index contributed by atoms with van der Waals surface area (Å²) in [4.78, 5) is 4.52. The minimum absolute atomic E-state index is 0.0881. The fourth-order valence-electron chi connectivity index (χ4n) is 1.91. The molecular formula is C14H23BrN2O. The number of hydrogen-bond acceptors (Lipinski definition) is 3. The number of anilines is 1. The van der Waals surface area contributed by atoms with Gasteiger partial charge in [0.2, 0.25) is 0 Å². The normalized spacial score (nSPS) is 11.0. The lowest BCUT2D eigenvalue weighted by atomic mass is 10.1. The highest BCUT2D eigenvalue weighted by atomic mass is 79.9. The highest BCUT2D eigenvalue weighted by Gasteiger charge is 2.11. The van der Waals surface area contributed by atoms with Gasteiger partial charge in [0, 0.05) is 35.4 Å². The predicted octanol–water partition coefficient (Wildman–Crippen LogP) is 2.72. The molecule has 0 saturated carbocycles. The van der Waals surface area contributed by atoms with Gasteiger partial charge in [-0.25, -0.2) is 0 Å². The summed E-state index contributed by atoms with van der Waals surface area (Å²) in [5.41, 5.74) is 2.13. The number of aliphatic hydroxyl groups is 1. The van der Waals surface area contributed by atoms with Crippen LogP contribution in [0.5, 0.6) is 0 Å². The molecule has 0 saturated heterocycles. The SMILES string of the molecule is CCCN(CCN(C)C)c1cc(Br)ccc1CO. The van der Waals surface area contributed by atoms with Crippen LogP contribution in [0, 0.1) is 0 Å². The van der Waals surface area contributed by atoms with E-state index in [0.29, 0.717) is 0 Å². The van der Waals surface area contributed by atoms with Crippen LogP contribution >= 0.6 is 15.9 Å². The van der Waals surface area contributed by atoms with Crippen molar-refractivity contribution in [2.24, 2.45) is 0 Å². The first-order chi connectivity index (χ1) is 8.58. The van der Waals surface area contributed by atoms with Crippen molar-refractivity contribution in [1.29, 1.82) is 0 Å². The van der Waals surface area contributed by atoms with Crippen molar-refractivity contribution in [2.45, 2.75) is 20.0 Å². The standard InChI is InChI=1S/C14H23BrN2O/c1-4-7-17(9-8-16(2)3)14-10-13(15)6-5-12(14)11-18/h5-6,10,18H,4,7-9,11H2,1-3H3. The summed E-state index contributed by atoms with van der Waals surface area (Å²) in [6.45, 7) is 5.27. The minimum Gasteiger partial charge on any atom is -0.392 e. The fraction of sp³-hybridized carbons (Fsp3) is 0.571. The second-order valence-electron chi connectivity index (χ2n) is 4.72. The molecule has 1 N–H and O–H groups in total. The van der Waals surface area contributed by atoms with Crippen LogP contribution in [0.25, 0.3) is 0 Å². The highest BCUT2D eigenvalue weighted by Crippen LogP contribution is 2.25. The molecule has 0 bridgehead atoms. The number of hydrogen-bond donors (Lipinski definition) is 1.